The molecule has 2 aromatic heterocycles. The quantitative estimate of drug-likeness (QED) is 0.286. The van der Waals surface area contributed by atoms with E-state index in [2.05, 4.69) is 20.4 Å². The molecule has 2 aromatic carbocycles. The van der Waals surface area contributed by atoms with E-state index >= 15 is 0 Å². The summed E-state index contributed by atoms with van der Waals surface area (Å²) in [6.45, 7) is 7.14. The smallest absolute Gasteiger partial charge is 0.215 e. The second kappa shape index (κ2) is 11.2. The second-order valence-electron chi connectivity index (χ2n) is 12.5. The van der Waals surface area contributed by atoms with E-state index in [1.54, 1.807) is 18.2 Å². The Morgan fingerprint density at radius 2 is 1.82 bits per heavy atom. The van der Waals surface area contributed by atoms with E-state index in [0.29, 0.717) is 30.6 Å². The third-order valence-electron chi connectivity index (χ3n) is 9.24. The van der Waals surface area contributed by atoms with Crippen molar-refractivity contribution in [2.75, 3.05) is 57.5 Å². The third-order valence-corrected chi connectivity index (χ3v) is 9.24. The molecule has 6 heterocycles. The van der Waals surface area contributed by atoms with Crippen molar-refractivity contribution in [1.82, 2.24) is 19.4 Å². The molecule has 0 unspecified atom stereocenters. The Morgan fingerprint density at radius 3 is 2.51 bits per heavy atom. The lowest BCUT2D eigenvalue weighted by molar-refractivity contribution is -0.184. The summed E-state index contributed by atoms with van der Waals surface area (Å²) in [6, 6.07) is 18.0. The highest BCUT2D eigenvalue weighted by Crippen LogP contribution is 2.34. The Morgan fingerprint density at radius 1 is 1.00 bits per heavy atom. The number of hydrogen-bond acceptors (Lipinski definition) is 9. The van der Waals surface area contributed by atoms with Gasteiger partial charge in [-0.1, -0.05) is 18.2 Å². The molecule has 0 spiro atoms. The van der Waals surface area contributed by atoms with E-state index in [0.717, 1.165) is 80.7 Å². The summed E-state index contributed by atoms with van der Waals surface area (Å²) in [7, 11) is 0. The van der Waals surface area contributed by atoms with Gasteiger partial charge in [-0.25, -0.2) is 9.37 Å². The molecule has 0 radical (unpaired) electrons. The van der Waals surface area contributed by atoms with Crippen LogP contribution in [0, 0.1) is 23.1 Å². The Bertz CT molecular complexity index is 1840. The topological polar surface area (TPSA) is 109 Å². The zero-order chi connectivity index (χ0) is 30.5. The predicted octanol–water partition coefficient (Wildman–Crippen LogP) is 3.52. The minimum Gasteiger partial charge on any atom is -0.473 e. The summed E-state index contributed by atoms with van der Waals surface area (Å²) in [5.41, 5.74) is 5.43. The fourth-order valence-electron chi connectivity index (χ4n) is 6.58. The number of nitriles is 1. The predicted molar refractivity (Wildman–Crippen MR) is 163 cm³/mol. The van der Waals surface area contributed by atoms with Crippen molar-refractivity contribution < 1.29 is 23.7 Å². The van der Waals surface area contributed by atoms with Crippen LogP contribution in [0.3, 0.4) is 0 Å². The van der Waals surface area contributed by atoms with Gasteiger partial charge in [0, 0.05) is 50.3 Å². The zero-order valence-corrected chi connectivity index (χ0v) is 24.8. The van der Waals surface area contributed by atoms with Crippen LogP contribution in [-0.4, -0.2) is 77.1 Å². The number of imidazole rings is 1. The fraction of sp³-hybridized carbons (Fsp3) is 0.382. The van der Waals surface area contributed by atoms with Gasteiger partial charge in [-0.2, -0.15) is 10.2 Å². The van der Waals surface area contributed by atoms with Gasteiger partial charge in [-0.05, 0) is 47.0 Å². The molecular formula is C34H33FN6O4. The number of aromatic nitrogens is 3. The minimum atomic E-state index is -0.919. The number of halogens is 1. The molecule has 8 rings (SSSR count). The van der Waals surface area contributed by atoms with Crippen LogP contribution >= 0.6 is 0 Å². The molecule has 2 fully saturated rings. The SMILES string of the molecule is N#Cc1ccc(COc2cccc(N3CC4=C(CN(Cc5nc6ccc(C7(O)COC7)cc6n5CC5COC5)C4)C3)n2)c(F)c1. The van der Waals surface area contributed by atoms with Crippen molar-refractivity contribution in [3.8, 4) is 11.9 Å². The molecule has 4 aliphatic rings. The first kappa shape index (κ1) is 28.2. The first-order valence-electron chi connectivity index (χ1n) is 15.3. The number of pyridine rings is 1. The standard InChI is InChI=1S/C34H33FN6O4/c35-28-8-22(10-36)4-5-24(28)19-45-33-3-1-2-31(38-33)40-14-25-12-39(13-26(25)15-40)16-32-37-29-7-6-27(34(42)20-44-21-34)9-30(29)41(32)11-23-17-43-18-23/h1-9,23,42H,11-21H2. The Balaban J connectivity index is 0.928. The number of nitrogens with zero attached hydrogens (tertiary/aromatic N) is 6. The minimum absolute atomic E-state index is 0.0346. The number of aliphatic hydroxyl groups is 1. The molecule has 0 atom stereocenters. The normalized spacial score (nSPS) is 19.4. The summed E-state index contributed by atoms with van der Waals surface area (Å²) in [5.74, 6) is 2.29. The van der Waals surface area contributed by atoms with Crippen molar-refractivity contribution in [2.45, 2.75) is 25.3 Å². The lowest BCUT2D eigenvalue weighted by Gasteiger charge is -2.36. The van der Waals surface area contributed by atoms with Crippen LogP contribution in [0.15, 0.2) is 65.7 Å². The lowest BCUT2D eigenvalue weighted by Crippen LogP contribution is -2.46. The molecule has 4 aliphatic heterocycles. The molecule has 0 bridgehead atoms. The molecule has 11 heteroatoms. The fourth-order valence-corrected chi connectivity index (χ4v) is 6.58. The third kappa shape index (κ3) is 5.34. The average molecular weight is 609 g/mol. The first-order chi connectivity index (χ1) is 21.9. The van der Waals surface area contributed by atoms with Crippen LogP contribution in [0.2, 0.25) is 0 Å². The molecule has 2 saturated heterocycles. The van der Waals surface area contributed by atoms with Crippen molar-refractivity contribution in [3.05, 3.63) is 94.1 Å². The summed E-state index contributed by atoms with van der Waals surface area (Å²) in [6.07, 6.45) is 0. The van der Waals surface area contributed by atoms with Gasteiger partial charge in [-0.3, -0.25) is 4.90 Å². The van der Waals surface area contributed by atoms with E-state index in [9.17, 15) is 9.50 Å². The maximum absolute atomic E-state index is 14.3. The highest BCUT2D eigenvalue weighted by molar-refractivity contribution is 5.77. The van der Waals surface area contributed by atoms with Gasteiger partial charge < -0.3 is 28.8 Å². The van der Waals surface area contributed by atoms with Gasteiger partial charge in [-0.15, -0.1) is 0 Å². The van der Waals surface area contributed by atoms with Crippen LogP contribution in [0.1, 0.15) is 22.5 Å². The molecule has 0 saturated carbocycles. The van der Waals surface area contributed by atoms with Gasteiger partial charge in [0.15, 0.2) is 0 Å². The Kier molecular flexibility index (Phi) is 7.02. The molecule has 0 amide bonds. The lowest BCUT2D eigenvalue weighted by atomic mass is 9.92. The molecule has 0 aliphatic carbocycles. The maximum atomic E-state index is 14.3. The van der Waals surface area contributed by atoms with Gasteiger partial charge in [0.1, 0.15) is 29.7 Å². The van der Waals surface area contributed by atoms with Crippen LogP contribution in [0.25, 0.3) is 11.0 Å². The van der Waals surface area contributed by atoms with Crippen molar-refractivity contribution in [2.24, 2.45) is 5.92 Å². The molecule has 230 valence electrons. The van der Waals surface area contributed by atoms with Crippen molar-refractivity contribution in [3.63, 3.8) is 0 Å². The molecule has 4 aromatic rings. The number of anilines is 1. The van der Waals surface area contributed by atoms with Crippen molar-refractivity contribution >= 4 is 16.9 Å². The van der Waals surface area contributed by atoms with E-state index in [1.807, 2.05) is 30.3 Å². The molecule has 1 N–H and O–H groups in total. The number of fused-ring (bicyclic) bond motifs is 1. The largest absolute Gasteiger partial charge is 0.473 e. The average Bonchev–Trinajstić information content (AvgIpc) is 3.68. The van der Waals surface area contributed by atoms with Crippen molar-refractivity contribution in [1.29, 1.82) is 5.26 Å². The van der Waals surface area contributed by atoms with E-state index in [4.69, 9.17) is 29.4 Å². The number of ether oxygens (including phenoxy) is 3. The van der Waals surface area contributed by atoms with Gasteiger partial charge in [0.2, 0.25) is 5.88 Å². The number of benzene rings is 2. The number of hydrogen-bond donors (Lipinski definition) is 1. The highest BCUT2D eigenvalue weighted by atomic mass is 19.1. The van der Waals surface area contributed by atoms with Gasteiger partial charge in [0.25, 0.3) is 0 Å². The van der Waals surface area contributed by atoms with E-state index in [-0.39, 0.29) is 12.2 Å². The summed E-state index contributed by atoms with van der Waals surface area (Å²) < 4.78 is 33.2. The maximum Gasteiger partial charge on any atom is 0.215 e. The highest BCUT2D eigenvalue weighted by Gasteiger charge is 2.38. The zero-order valence-electron chi connectivity index (χ0n) is 24.8. The van der Waals surface area contributed by atoms with Crippen LogP contribution in [0.5, 0.6) is 5.88 Å². The number of rotatable bonds is 9. The van der Waals surface area contributed by atoms with Gasteiger partial charge >= 0.3 is 0 Å². The second-order valence-corrected chi connectivity index (χ2v) is 12.5. The monoisotopic (exact) mass is 608 g/mol. The van der Waals surface area contributed by atoms with Crippen LogP contribution < -0.4 is 9.64 Å². The van der Waals surface area contributed by atoms with Gasteiger partial charge in [0.05, 0.1) is 55.6 Å². The van der Waals surface area contributed by atoms with E-state index in [1.165, 1.54) is 17.2 Å². The van der Waals surface area contributed by atoms with Crippen LogP contribution in [0.4, 0.5) is 10.2 Å². The summed E-state index contributed by atoms with van der Waals surface area (Å²) >= 11 is 0. The first-order valence-corrected chi connectivity index (χ1v) is 15.3. The molecule has 45 heavy (non-hydrogen) atoms. The molecular weight excluding hydrogens is 575 g/mol. The van der Waals surface area contributed by atoms with Crippen LogP contribution in [-0.2, 0) is 34.8 Å². The Labute approximate surface area is 259 Å². The molecule has 10 nitrogen and oxygen atoms in total. The summed E-state index contributed by atoms with van der Waals surface area (Å²) in [5, 5.41) is 19.9. The Hall–Kier alpha value is -4.34. The summed E-state index contributed by atoms with van der Waals surface area (Å²) in [4.78, 5) is 14.4. The van der Waals surface area contributed by atoms with E-state index < -0.39 is 11.4 Å².